The molecular formula is C19H22ClN. The zero-order valence-corrected chi connectivity index (χ0v) is 13.7. The summed E-state index contributed by atoms with van der Waals surface area (Å²) in [4.78, 5) is 0. The Labute approximate surface area is 132 Å². The Morgan fingerprint density at radius 2 is 1.90 bits per heavy atom. The van der Waals surface area contributed by atoms with Crippen molar-refractivity contribution in [3.63, 3.8) is 0 Å². The first-order valence-corrected chi connectivity index (χ1v) is 7.96. The van der Waals surface area contributed by atoms with E-state index in [-0.39, 0.29) is 5.41 Å². The number of hydrogen-bond acceptors (Lipinski definition) is 1. The third-order valence-electron chi connectivity index (χ3n) is 4.67. The minimum Gasteiger partial charge on any atom is -0.377 e. The number of benzene rings is 2. The van der Waals surface area contributed by atoms with Crippen molar-refractivity contribution in [1.29, 1.82) is 0 Å². The monoisotopic (exact) mass is 299 g/mol. The molecule has 0 spiro atoms. The van der Waals surface area contributed by atoms with Gasteiger partial charge in [-0.25, -0.2) is 0 Å². The first-order chi connectivity index (χ1) is 9.97. The predicted octanol–water partition coefficient (Wildman–Crippen LogP) is 5.77. The van der Waals surface area contributed by atoms with Crippen LogP contribution in [-0.4, -0.2) is 0 Å². The van der Waals surface area contributed by atoms with Gasteiger partial charge >= 0.3 is 0 Å². The second-order valence-electron chi connectivity index (χ2n) is 6.72. The van der Waals surface area contributed by atoms with Crippen molar-refractivity contribution in [3.05, 3.63) is 64.2 Å². The normalized spacial score (nSPS) is 19.9. The molecule has 0 fully saturated rings. The van der Waals surface area contributed by atoms with Gasteiger partial charge in [-0.15, -0.1) is 0 Å². The average Bonchev–Trinajstić information content (AvgIpc) is 2.44. The minimum absolute atomic E-state index is 0.237. The van der Waals surface area contributed by atoms with Crippen molar-refractivity contribution >= 4 is 17.3 Å². The molecular weight excluding hydrogens is 278 g/mol. The molecule has 1 unspecified atom stereocenters. The Kier molecular flexibility index (Phi) is 3.71. The third kappa shape index (κ3) is 2.80. The van der Waals surface area contributed by atoms with Crippen LogP contribution in [0, 0.1) is 12.3 Å². The largest absolute Gasteiger partial charge is 0.377 e. The van der Waals surface area contributed by atoms with Crippen molar-refractivity contribution in [2.45, 2.75) is 39.7 Å². The fourth-order valence-corrected chi connectivity index (χ4v) is 3.51. The molecule has 2 aromatic rings. The lowest BCUT2D eigenvalue weighted by Gasteiger charge is -2.41. The summed E-state index contributed by atoms with van der Waals surface area (Å²) >= 11 is 6.07. The molecule has 0 aliphatic heterocycles. The lowest BCUT2D eigenvalue weighted by Crippen LogP contribution is -2.33. The fraction of sp³-hybridized carbons (Fsp3) is 0.368. The molecule has 1 atom stereocenters. The number of aryl methyl sites for hydroxylation is 2. The highest BCUT2D eigenvalue weighted by atomic mass is 35.5. The minimum atomic E-state index is 0.237. The van der Waals surface area contributed by atoms with Gasteiger partial charge in [0.1, 0.15) is 0 Å². The molecule has 0 heterocycles. The summed E-state index contributed by atoms with van der Waals surface area (Å²) in [5, 5.41) is 4.56. The molecule has 1 nitrogen and oxygen atoms in total. The lowest BCUT2D eigenvalue weighted by atomic mass is 9.70. The Bertz CT molecular complexity index is 660. The van der Waals surface area contributed by atoms with Crippen LogP contribution in [0.3, 0.4) is 0 Å². The average molecular weight is 300 g/mol. The van der Waals surface area contributed by atoms with E-state index in [1.165, 1.54) is 35.2 Å². The van der Waals surface area contributed by atoms with Crippen LogP contribution < -0.4 is 5.32 Å². The van der Waals surface area contributed by atoms with E-state index in [0.717, 1.165) is 5.02 Å². The molecule has 1 aliphatic carbocycles. The van der Waals surface area contributed by atoms with Crippen molar-refractivity contribution in [2.24, 2.45) is 5.41 Å². The van der Waals surface area contributed by atoms with Gasteiger partial charge in [0, 0.05) is 10.7 Å². The smallest absolute Gasteiger partial charge is 0.0567 e. The Morgan fingerprint density at radius 3 is 2.67 bits per heavy atom. The van der Waals surface area contributed by atoms with Crippen LogP contribution in [0.2, 0.25) is 5.02 Å². The molecule has 21 heavy (non-hydrogen) atoms. The number of fused-ring (bicyclic) bond motifs is 1. The lowest BCUT2D eigenvalue weighted by molar-refractivity contribution is 0.265. The van der Waals surface area contributed by atoms with Gasteiger partial charge in [-0.1, -0.05) is 49.7 Å². The standard InChI is InChI=1S/C19H22ClN/c1-13-12-15(20)8-9-17(13)21-18-16-7-5-4-6-14(16)10-11-19(18,2)3/h4-9,12,18,21H,10-11H2,1-3H3. The number of nitrogens with one attached hydrogen (secondary N) is 1. The van der Waals surface area contributed by atoms with E-state index in [2.05, 4.69) is 56.4 Å². The van der Waals surface area contributed by atoms with Gasteiger partial charge in [-0.3, -0.25) is 0 Å². The van der Waals surface area contributed by atoms with Crippen LogP contribution in [0.25, 0.3) is 0 Å². The maximum absolute atomic E-state index is 6.07. The maximum Gasteiger partial charge on any atom is 0.0567 e. The third-order valence-corrected chi connectivity index (χ3v) is 4.91. The van der Waals surface area contributed by atoms with E-state index >= 15 is 0 Å². The molecule has 1 N–H and O–H groups in total. The van der Waals surface area contributed by atoms with E-state index in [9.17, 15) is 0 Å². The first-order valence-electron chi connectivity index (χ1n) is 7.58. The van der Waals surface area contributed by atoms with Crippen LogP contribution in [0.5, 0.6) is 0 Å². The summed E-state index contributed by atoms with van der Waals surface area (Å²) in [5.74, 6) is 0. The summed E-state index contributed by atoms with van der Waals surface area (Å²) in [7, 11) is 0. The summed E-state index contributed by atoms with van der Waals surface area (Å²) in [6.45, 7) is 6.81. The van der Waals surface area contributed by atoms with Gasteiger partial charge in [0.2, 0.25) is 0 Å². The van der Waals surface area contributed by atoms with Gasteiger partial charge in [-0.2, -0.15) is 0 Å². The number of halogens is 1. The van der Waals surface area contributed by atoms with Crippen molar-refractivity contribution in [2.75, 3.05) is 5.32 Å². The van der Waals surface area contributed by atoms with Crippen LogP contribution >= 0.6 is 11.6 Å². The fourth-order valence-electron chi connectivity index (χ4n) is 3.28. The summed E-state index contributed by atoms with van der Waals surface area (Å²) in [6.07, 6.45) is 2.37. The molecule has 0 saturated carbocycles. The first kappa shape index (κ1) is 14.5. The number of rotatable bonds is 2. The van der Waals surface area contributed by atoms with E-state index in [1.807, 2.05) is 12.1 Å². The van der Waals surface area contributed by atoms with Crippen LogP contribution in [0.1, 0.15) is 43.0 Å². The SMILES string of the molecule is Cc1cc(Cl)ccc1NC1c2ccccc2CCC1(C)C. The molecule has 0 bridgehead atoms. The topological polar surface area (TPSA) is 12.0 Å². The number of hydrogen-bond donors (Lipinski definition) is 1. The molecule has 0 amide bonds. The maximum atomic E-state index is 6.07. The Balaban J connectivity index is 1.99. The number of anilines is 1. The molecule has 2 heteroatoms. The highest BCUT2D eigenvalue weighted by Crippen LogP contribution is 2.45. The molecule has 0 aromatic heterocycles. The quantitative estimate of drug-likeness (QED) is 0.742. The highest BCUT2D eigenvalue weighted by molar-refractivity contribution is 6.30. The zero-order chi connectivity index (χ0) is 15.0. The van der Waals surface area contributed by atoms with Crippen molar-refractivity contribution < 1.29 is 0 Å². The van der Waals surface area contributed by atoms with E-state index in [4.69, 9.17) is 11.6 Å². The molecule has 2 aromatic carbocycles. The zero-order valence-electron chi connectivity index (χ0n) is 12.9. The van der Waals surface area contributed by atoms with Gasteiger partial charge in [0.15, 0.2) is 0 Å². The van der Waals surface area contributed by atoms with E-state index in [1.54, 1.807) is 0 Å². The predicted molar refractivity (Wildman–Crippen MR) is 91.1 cm³/mol. The second-order valence-corrected chi connectivity index (χ2v) is 7.16. The van der Waals surface area contributed by atoms with Crippen LogP contribution in [0.15, 0.2) is 42.5 Å². The van der Waals surface area contributed by atoms with Gasteiger partial charge in [-0.05, 0) is 60.1 Å². The summed E-state index contributed by atoms with van der Waals surface area (Å²) < 4.78 is 0. The van der Waals surface area contributed by atoms with Gasteiger partial charge in [0.05, 0.1) is 6.04 Å². The van der Waals surface area contributed by atoms with E-state index < -0.39 is 0 Å². The van der Waals surface area contributed by atoms with Crippen molar-refractivity contribution in [3.8, 4) is 0 Å². The highest BCUT2D eigenvalue weighted by Gasteiger charge is 2.35. The van der Waals surface area contributed by atoms with Gasteiger partial charge in [0.25, 0.3) is 0 Å². The van der Waals surface area contributed by atoms with Crippen molar-refractivity contribution in [1.82, 2.24) is 0 Å². The Hall–Kier alpha value is -1.47. The molecule has 0 saturated heterocycles. The van der Waals surface area contributed by atoms with E-state index in [0.29, 0.717) is 6.04 Å². The molecule has 1 aliphatic rings. The molecule has 3 rings (SSSR count). The summed E-state index contributed by atoms with van der Waals surface area (Å²) in [6, 6.07) is 15.2. The second kappa shape index (κ2) is 5.38. The van der Waals surface area contributed by atoms with Crippen LogP contribution in [0.4, 0.5) is 5.69 Å². The molecule has 0 radical (unpaired) electrons. The van der Waals surface area contributed by atoms with Crippen LogP contribution in [-0.2, 0) is 6.42 Å². The molecule has 110 valence electrons. The van der Waals surface area contributed by atoms with Gasteiger partial charge < -0.3 is 5.32 Å². The summed E-state index contributed by atoms with van der Waals surface area (Å²) in [5.41, 5.74) is 5.51. The Morgan fingerprint density at radius 1 is 1.14 bits per heavy atom.